The highest BCUT2D eigenvalue weighted by molar-refractivity contribution is 7.86. The summed E-state index contributed by atoms with van der Waals surface area (Å²) < 4.78 is 37.2. The predicted molar refractivity (Wildman–Crippen MR) is 79.2 cm³/mol. The summed E-state index contributed by atoms with van der Waals surface area (Å²) in [4.78, 5) is 21.3. The van der Waals surface area contributed by atoms with E-state index in [-0.39, 0.29) is 5.69 Å². The van der Waals surface area contributed by atoms with Crippen molar-refractivity contribution in [3.05, 3.63) is 23.8 Å². The second kappa shape index (κ2) is 6.76. The molecule has 1 saturated heterocycles. The van der Waals surface area contributed by atoms with E-state index in [1.54, 1.807) is 4.90 Å². The number of halogens is 2. The SMILES string of the molecule is CCC1(CC)CN(C(=O)c2cc(C(F)F)ncn2)CCS1=O. The molecule has 1 atom stereocenters. The second-order valence-electron chi connectivity index (χ2n) is 5.30. The van der Waals surface area contributed by atoms with Crippen LogP contribution in [0.2, 0.25) is 0 Å². The number of carbonyl (C=O) groups is 1. The number of alkyl halides is 2. The number of nitrogens with zero attached hydrogens (tertiary/aromatic N) is 3. The predicted octanol–water partition coefficient (Wildman–Crippen LogP) is 2.18. The van der Waals surface area contributed by atoms with E-state index < -0.39 is 33.6 Å². The van der Waals surface area contributed by atoms with Gasteiger partial charge in [-0.25, -0.2) is 18.7 Å². The van der Waals surface area contributed by atoms with Crippen molar-refractivity contribution in [1.82, 2.24) is 14.9 Å². The van der Waals surface area contributed by atoms with Crippen LogP contribution in [0.1, 0.15) is 49.3 Å². The van der Waals surface area contributed by atoms with Crippen LogP contribution in [0.3, 0.4) is 0 Å². The fraction of sp³-hybridized carbons (Fsp3) is 0.643. The molecule has 8 heteroatoms. The lowest BCUT2D eigenvalue weighted by Gasteiger charge is -2.41. The maximum Gasteiger partial charge on any atom is 0.280 e. The Morgan fingerprint density at radius 3 is 2.68 bits per heavy atom. The van der Waals surface area contributed by atoms with E-state index in [1.807, 2.05) is 13.8 Å². The molecule has 2 heterocycles. The van der Waals surface area contributed by atoms with Gasteiger partial charge in [-0.05, 0) is 18.9 Å². The van der Waals surface area contributed by atoms with Crippen molar-refractivity contribution in [2.75, 3.05) is 18.8 Å². The van der Waals surface area contributed by atoms with Crippen LogP contribution >= 0.6 is 0 Å². The van der Waals surface area contributed by atoms with Gasteiger partial charge in [-0.1, -0.05) is 13.8 Å². The molecule has 0 bridgehead atoms. The normalized spacial score (nSPS) is 21.1. The van der Waals surface area contributed by atoms with E-state index in [4.69, 9.17) is 0 Å². The quantitative estimate of drug-likeness (QED) is 0.848. The van der Waals surface area contributed by atoms with Gasteiger partial charge in [0.05, 0.1) is 4.75 Å². The molecule has 0 saturated carbocycles. The summed E-state index contributed by atoms with van der Waals surface area (Å²) in [7, 11) is -0.989. The zero-order valence-corrected chi connectivity index (χ0v) is 13.4. The molecule has 1 aliphatic rings. The Morgan fingerprint density at radius 2 is 2.09 bits per heavy atom. The van der Waals surface area contributed by atoms with Gasteiger partial charge in [-0.15, -0.1) is 0 Å². The molecule has 0 radical (unpaired) electrons. The topological polar surface area (TPSA) is 63.2 Å². The van der Waals surface area contributed by atoms with Crippen LogP contribution in [-0.4, -0.2) is 48.6 Å². The van der Waals surface area contributed by atoms with E-state index in [0.29, 0.717) is 31.7 Å². The van der Waals surface area contributed by atoms with Crippen molar-refractivity contribution < 1.29 is 17.8 Å². The zero-order chi connectivity index (χ0) is 16.3. The van der Waals surface area contributed by atoms with Gasteiger partial charge in [0.25, 0.3) is 12.3 Å². The van der Waals surface area contributed by atoms with Crippen molar-refractivity contribution in [3.63, 3.8) is 0 Å². The first kappa shape index (κ1) is 16.9. The average molecular weight is 331 g/mol. The third-order valence-corrected chi connectivity index (χ3v) is 6.44. The molecule has 5 nitrogen and oxygen atoms in total. The molecule has 0 spiro atoms. The van der Waals surface area contributed by atoms with Crippen molar-refractivity contribution in [2.24, 2.45) is 0 Å². The Hall–Kier alpha value is -1.44. The second-order valence-corrected chi connectivity index (χ2v) is 7.26. The number of carbonyl (C=O) groups excluding carboxylic acids is 1. The number of amides is 1. The van der Waals surface area contributed by atoms with Gasteiger partial charge in [-0.3, -0.25) is 9.00 Å². The molecule has 22 heavy (non-hydrogen) atoms. The van der Waals surface area contributed by atoms with Gasteiger partial charge < -0.3 is 4.90 Å². The Morgan fingerprint density at radius 1 is 1.41 bits per heavy atom. The number of hydrogen-bond donors (Lipinski definition) is 0. The highest BCUT2D eigenvalue weighted by atomic mass is 32.2. The van der Waals surface area contributed by atoms with E-state index in [0.717, 1.165) is 12.4 Å². The van der Waals surface area contributed by atoms with E-state index in [1.165, 1.54) is 0 Å². The van der Waals surface area contributed by atoms with Crippen LogP contribution in [0.25, 0.3) is 0 Å². The van der Waals surface area contributed by atoms with E-state index in [2.05, 4.69) is 9.97 Å². The molecule has 1 aliphatic heterocycles. The monoisotopic (exact) mass is 331 g/mol. The summed E-state index contributed by atoms with van der Waals surface area (Å²) in [6.07, 6.45) is -0.365. The number of rotatable bonds is 4. The Labute approximate surface area is 130 Å². The molecule has 122 valence electrons. The third-order valence-electron chi connectivity index (χ3n) is 4.22. The maximum absolute atomic E-state index is 12.7. The Balaban J connectivity index is 2.23. The minimum absolute atomic E-state index is 0.0425. The summed E-state index contributed by atoms with van der Waals surface area (Å²) in [5.74, 6) is -0.00695. The van der Waals surface area contributed by atoms with Crippen LogP contribution in [-0.2, 0) is 10.8 Å². The van der Waals surface area contributed by atoms with Crippen LogP contribution in [0.4, 0.5) is 8.78 Å². The molecule has 1 aromatic heterocycles. The average Bonchev–Trinajstić information content (AvgIpc) is 2.55. The summed E-state index contributed by atoms with van der Waals surface area (Å²) in [5.41, 5.74) is -0.504. The van der Waals surface area contributed by atoms with Crippen molar-refractivity contribution >= 4 is 16.7 Å². The zero-order valence-electron chi connectivity index (χ0n) is 12.6. The minimum Gasteiger partial charge on any atom is -0.335 e. The van der Waals surface area contributed by atoms with Crippen LogP contribution < -0.4 is 0 Å². The van der Waals surface area contributed by atoms with Crippen molar-refractivity contribution in [3.8, 4) is 0 Å². The van der Waals surface area contributed by atoms with Crippen molar-refractivity contribution in [2.45, 2.75) is 37.9 Å². The smallest absolute Gasteiger partial charge is 0.280 e. The third kappa shape index (κ3) is 3.16. The van der Waals surface area contributed by atoms with Gasteiger partial charge in [0.2, 0.25) is 0 Å². The lowest BCUT2D eigenvalue weighted by Crippen LogP contribution is -2.54. The molecule has 0 aromatic carbocycles. The molecule has 1 unspecified atom stereocenters. The number of aromatic nitrogens is 2. The van der Waals surface area contributed by atoms with E-state index >= 15 is 0 Å². The molecule has 1 fully saturated rings. The van der Waals surface area contributed by atoms with Gasteiger partial charge >= 0.3 is 0 Å². The lowest BCUT2D eigenvalue weighted by atomic mass is 10.0. The van der Waals surface area contributed by atoms with Crippen LogP contribution in [0.5, 0.6) is 0 Å². The van der Waals surface area contributed by atoms with Gasteiger partial charge in [-0.2, -0.15) is 0 Å². The summed E-state index contributed by atoms with van der Waals surface area (Å²) in [5, 5.41) is 0. The fourth-order valence-electron chi connectivity index (χ4n) is 2.65. The molecule has 0 N–H and O–H groups in total. The molecule has 1 aromatic rings. The highest BCUT2D eigenvalue weighted by Gasteiger charge is 2.40. The van der Waals surface area contributed by atoms with Gasteiger partial charge in [0.1, 0.15) is 17.7 Å². The molecule has 2 rings (SSSR count). The first-order valence-electron chi connectivity index (χ1n) is 7.21. The van der Waals surface area contributed by atoms with E-state index in [9.17, 15) is 17.8 Å². The van der Waals surface area contributed by atoms with Crippen LogP contribution in [0.15, 0.2) is 12.4 Å². The largest absolute Gasteiger partial charge is 0.335 e. The van der Waals surface area contributed by atoms with Gasteiger partial charge in [0, 0.05) is 29.6 Å². The minimum atomic E-state index is -2.74. The molecular weight excluding hydrogens is 312 g/mol. The highest BCUT2D eigenvalue weighted by Crippen LogP contribution is 2.29. The molecular formula is C14H19F2N3O2S. The molecule has 0 aliphatic carbocycles. The molecule has 1 amide bonds. The number of hydrogen-bond acceptors (Lipinski definition) is 4. The van der Waals surface area contributed by atoms with Gasteiger partial charge in [0.15, 0.2) is 0 Å². The summed E-state index contributed by atoms with van der Waals surface area (Å²) in [6.45, 7) is 4.62. The fourth-order valence-corrected chi connectivity index (χ4v) is 4.41. The first-order chi connectivity index (χ1) is 10.4. The van der Waals surface area contributed by atoms with Crippen molar-refractivity contribution in [1.29, 1.82) is 0 Å². The first-order valence-corrected chi connectivity index (χ1v) is 8.53. The summed E-state index contributed by atoms with van der Waals surface area (Å²) >= 11 is 0. The Kier molecular flexibility index (Phi) is 5.20. The summed E-state index contributed by atoms with van der Waals surface area (Å²) in [6, 6.07) is 1.03. The maximum atomic E-state index is 12.7. The Bertz CT molecular complexity index is 579. The van der Waals surface area contributed by atoms with Crippen LogP contribution in [0, 0.1) is 0 Å². The standard InChI is InChI=1S/C14H19F2N3O2S/c1-3-14(4-2)8-19(5-6-22(14)21)13(20)11-7-10(12(15)16)17-9-18-11/h7,9,12H,3-6,8H2,1-2H3. The lowest BCUT2D eigenvalue weighted by molar-refractivity contribution is 0.0729.